The zero-order chi connectivity index (χ0) is 14.5. The van der Waals surface area contributed by atoms with Crippen LogP contribution in [0.2, 0.25) is 0 Å². The van der Waals surface area contributed by atoms with Gasteiger partial charge in [-0.2, -0.15) is 0 Å². The minimum absolute atomic E-state index is 0.0823. The van der Waals surface area contributed by atoms with Gasteiger partial charge in [0.05, 0.1) is 0 Å². The van der Waals surface area contributed by atoms with Gasteiger partial charge >= 0.3 is 0 Å². The van der Waals surface area contributed by atoms with E-state index in [9.17, 15) is 5.11 Å². The van der Waals surface area contributed by atoms with Crippen molar-refractivity contribution in [3.05, 3.63) is 58.1 Å². The van der Waals surface area contributed by atoms with Crippen molar-refractivity contribution in [2.75, 3.05) is 6.61 Å². The molecule has 0 saturated heterocycles. The van der Waals surface area contributed by atoms with Crippen LogP contribution in [0.25, 0.3) is 0 Å². The molecule has 106 valence electrons. The van der Waals surface area contributed by atoms with Crippen molar-refractivity contribution in [3.8, 4) is 11.5 Å². The molecule has 1 unspecified atom stereocenters. The number of hydrogen-bond donors (Lipinski definition) is 1. The summed E-state index contributed by atoms with van der Waals surface area (Å²) in [5.74, 6) is 1.40. The number of aliphatic hydroxyl groups excluding tert-OH is 1. The number of halogens is 1. The molecule has 1 atom stereocenters. The number of benzene rings is 2. The third-order valence-electron chi connectivity index (χ3n) is 2.81. The van der Waals surface area contributed by atoms with Crippen LogP contribution in [-0.2, 0) is 0 Å². The lowest BCUT2D eigenvalue weighted by molar-refractivity contribution is -0.0486. The molecule has 0 aliphatic rings. The molecule has 0 saturated carbocycles. The molecule has 0 aliphatic carbocycles. The standard InChI is InChI=1S/C16H17BrO3/c1-11-8-13(17)9-12(2)16(11)20-15(18)10-19-14-6-4-3-5-7-14/h3-9,15,18H,10H2,1-2H3. The van der Waals surface area contributed by atoms with E-state index in [1.165, 1.54) is 0 Å². The molecule has 20 heavy (non-hydrogen) atoms. The van der Waals surface area contributed by atoms with E-state index in [4.69, 9.17) is 9.47 Å². The van der Waals surface area contributed by atoms with Crippen LogP contribution in [-0.4, -0.2) is 18.0 Å². The molecule has 0 amide bonds. The van der Waals surface area contributed by atoms with Crippen molar-refractivity contribution >= 4 is 15.9 Å². The van der Waals surface area contributed by atoms with Crippen LogP contribution in [0.15, 0.2) is 46.9 Å². The zero-order valence-corrected chi connectivity index (χ0v) is 13.1. The molecular formula is C16H17BrO3. The quantitative estimate of drug-likeness (QED) is 0.843. The maximum absolute atomic E-state index is 9.92. The molecule has 1 N–H and O–H groups in total. The summed E-state index contributed by atoms with van der Waals surface area (Å²) in [5.41, 5.74) is 1.94. The van der Waals surface area contributed by atoms with Gasteiger partial charge in [-0.1, -0.05) is 34.1 Å². The van der Waals surface area contributed by atoms with Crippen LogP contribution < -0.4 is 9.47 Å². The van der Waals surface area contributed by atoms with E-state index < -0.39 is 6.29 Å². The average molecular weight is 337 g/mol. The first-order chi connectivity index (χ1) is 9.56. The van der Waals surface area contributed by atoms with Crippen molar-refractivity contribution in [3.63, 3.8) is 0 Å². The second-order valence-corrected chi connectivity index (χ2v) is 5.48. The fourth-order valence-electron chi connectivity index (χ4n) is 1.94. The molecule has 0 fully saturated rings. The summed E-state index contributed by atoms with van der Waals surface area (Å²) < 4.78 is 12.0. The lowest BCUT2D eigenvalue weighted by atomic mass is 10.1. The highest BCUT2D eigenvalue weighted by Gasteiger charge is 2.12. The van der Waals surface area contributed by atoms with Gasteiger partial charge in [0.2, 0.25) is 6.29 Å². The Hall–Kier alpha value is -1.52. The normalized spacial score (nSPS) is 12.0. The van der Waals surface area contributed by atoms with Crippen LogP contribution in [0.4, 0.5) is 0 Å². The third-order valence-corrected chi connectivity index (χ3v) is 3.27. The van der Waals surface area contributed by atoms with Crippen molar-refractivity contribution < 1.29 is 14.6 Å². The lowest BCUT2D eigenvalue weighted by Crippen LogP contribution is -2.24. The predicted octanol–water partition coefficient (Wildman–Crippen LogP) is 3.84. The van der Waals surface area contributed by atoms with E-state index in [0.29, 0.717) is 11.5 Å². The molecule has 0 aromatic heterocycles. The van der Waals surface area contributed by atoms with Gasteiger partial charge in [-0.25, -0.2) is 0 Å². The monoisotopic (exact) mass is 336 g/mol. The fraction of sp³-hybridized carbons (Fsp3) is 0.250. The topological polar surface area (TPSA) is 38.7 Å². The van der Waals surface area contributed by atoms with E-state index >= 15 is 0 Å². The SMILES string of the molecule is Cc1cc(Br)cc(C)c1OC(O)COc1ccccc1. The second-order valence-electron chi connectivity index (χ2n) is 4.57. The van der Waals surface area contributed by atoms with E-state index in [2.05, 4.69) is 15.9 Å². The number of rotatable bonds is 5. The first-order valence-corrected chi connectivity index (χ1v) is 7.15. The number of aryl methyl sites for hydroxylation is 2. The number of hydrogen-bond acceptors (Lipinski definition) is 3. The van der Waals surface area contributed by atoms with Crippen molar-refractivity contribution in [1.82, 2.24) is 0 Å². The molecule has 0 radical (unpaired) electrons. The summed E-state index contributed by atoms with van der Waals surface area (Å²) in [4.78, 5) is 0. The zero-order valence-electron chi connectivity index (χ0n) is 11.5. The molecule has 0 bridgehead atoms. The van der Waals surface area contributed by atoms with Crippen LogP contribution in [0.5, 0.6) is 11.5 Å². The summed E-state index contributed by atoms with van der Waals surface area (Å²) >= 11 is 3.43. The maximum atomic E-state index is 9.92. The molecule has 4 heteroatoms. The Morgan fingerprint density at radius 3 is 2.30 bits per heavy atom. The van der Waals surface area contributed by atoms with E-state index in [-0.39, 0.29) is 6.61 Å². The van der Waals surface area contributed by atoms with E-state index in [1.807, 2.05) is 56.3 Å². The fourth-order valence-corrected chi connectivity index (χ4v) is 2.62. The number of ether oxygens (including phenoxy) is 2. The first-order valence-electron chi connectivity index (χ1n) is 6.35. The lowest BCUT2D eigenvalue weighted by Gasteiger charge is -2.18. The first kappa shape index (κ1) is 14.9. The minimum Gasteiger partial charge on any atom is -0.487 e. The Bertz CT molecular complexity index is 546. The summed E-state index contributed by atoms with van der Waals surface area (Å²) in [7, 11) is 0. The highest BCUT2D eigenvalue weighted by atomic mass is 79.9. The molecular weight excluding hydrogens is 320 g/mol. The van der Waals surface area contributed by atoms with Crippen molar-refractivity contribution in [2.45, 2.75) is 20.1 Å². The van der Waals surface area contributed by atoms with Crippen LogP contribution in [0.1, 0.15) is 11.1 Å². The summed E-state index contributed by atoms with van der Waals surface area (Å²) in [6, 6.07) is 13.2. The molecule has 2 aromatic carbocycles. The van der Waals surface area contributed by atoms with Crippen molar-refractivity contribution in [2.24, 2.45) is 0 Å². The Balaban J connectivity index is 1.96. The predicted molar refractivity (Wildman–Crippen MR) is 82.2 cm³/mol. The van der Waals surface area contributed by atoms with Crippen molar-refractivity contribution in [1.29, 1.82) is 0 Å². The number of para-hydroxylation sites is 1. The summed E-state index contributed by atoms with van der Waals surface area (Å²) in [6.07, 6.45) is -1.01. The molecule has 0 heterocycles. The second kappa shape index (κ2) is 6.77. The highest BCUT2D eigenvalue weighted by Crippen LogP contribution is 2.28. The Morgan fingerprint density at radius 2 is 1.70 bits per heavy atom. The molecule has 2 rings (SSSR count). The van der Waals surface area contributed by atoms with E-state index in [0.717, 1.165) is 15.6 Å². The van der Waals surface area contributed by atoms with E-state index in [1.54, 1.807) is 0 Å². The molecule has 3 nitrogen and oxygen atoms in total. The summed E-state index contributed by atoms with van der Waals surface area (Å²) in [6.45, 7) is 3.97. The van der Waals surface area contributed by atoms with Crippen LogP contribution in [0.3, 0.4) is 0 Å². The maximum Gasteiger partial charge on any atom is 0.231 e. The van der Waals surface area contributed by atoms with Gasteiger partial charge in [-0.15, -0.1) is 0 Å². The van der Waals surface area contributed by atoms with Gasteiger partial charge in [0.1, 0.15) is 11.5 Å². The minimum atomic E-state index is -1.01. The van der Waals surface area contributed by atoms with Gasteiger partial charge in [-0.05, 0) is 49.2 Å². The number of aliphatic hydroxyl groups is 1. The largest absolute Gasteiger partial charge is 0.487 e. The van der Waals surface area contributed by atoms with Gasteiger partial charge in [0.15, 0.2) is 6.61 Å². The average Bonchev–Trinajstić information content (AvgIpc) is 2.42. The highest BCUT2D eigenvalue weighted by molar-refractivity contribution is 9.10. The van der Waals surface area contributed by atoms with Crippen LogP contribution in [0, 0.1) is 13.8 Å². The molecule has 2 aromatic rings. The third kappa shape index (κ3) is 3.99. The van der Waals surface area contributed by atoms with Gasteiger partial charge in [0.25, 0.3) is 0 Å². The van der Waals surface area contributed by atoms with Gasteiger partial charge < -0.3 is 14.6 Å². The van der Waals surface area contributed by atoms with Gasteiger partial charge in [0, 0.05) is 4.47 Å². The molecule has 0 spiro atoms. The Morgan fingerprint density at radius 1 is 1.10 bits per heavy atom. The Labute approximate surface area is 127 Å². The molecule has 0 aliphatic heterocycles. The Kier molecular flexibility index (Phi) is 5.04. The summed E-state index contributed by atoms with van der Waals surface area (Å²) in [5, 5.41) is 9.92. The van der Waals surface area contributed by atoms with Gasteiger partial charge in [-0.3, -0.25) is 0 Å². The smallest absolute Gasteiger partial charge is 0.231 e. The van der Waals surface area contributed by atoms with Crippen LogP contribution >= 0.6 is 15.9 Å².